The highest BCUT2D eigenvalue weighted by Gasteiger charge is 2.15. The minimum atomic E-state index is 0.0222. The standard InChI is InChI=1S/C20H18N4O/c1-2-20(25)24(19-5-3-4-16(10-19)11-21)14-15-6-8-17(9-7-15)18-12-22-23-13-18/h3-10,12-13H,2,14H2,1H3,(H,22,23). The fraction of sp³-hybridized carbons (Fsp3) is 0.150. The second-order valence-corrected chi connectivity index (χ2v) is 5.68. The average Bonchev–Trinajstić information content (AvgIpc) is 3.21. The Kier molecular flexibility index (Phi) is 4.91. The Morgan fingerprint density at radius 1 is 1.20 bits per heavy atom. The van der Waals surface area contributed by atoms with Crippen molar-refractivity contribution in [1.82, 2.24) is 10.2 Å². The van der Waals surface area contributed by atoms with E-state index in [0.717, 1.165) is 22.4 Å². The van der Waals surface area contributed by atoms with Crippen molar-refractivity contribution in [2.75, 3.05) is 4.90 Å². The maximum atomic E-state index is 12.4. The summed E-state index contributed by atoms with van der Waals surface area (Å²) in [7, 11) is 0. The summed E-state index contributed by atoms with van der Waals surface area (Å²) >= 11 is 0. The number of hydrogen-bond donors (Lipinski definition) is 1. The predicted octanol–water partition coefficient (Wildman–Crippen LogP) is 3.89. The number of nitrogens with zero attached hydrogens (tertiary/aromatic N) is 3. The number of rotatable bonds is 5. The molecule has 0 saturated carbocycles. The highest BCUT2D eigenvalue weighted by molar-refractivity contribution is 5.93. The molecular formula is C20H18N4O. The Morgan fingerprint density at radius 3 is 2.64 bits per heavy atom. The van der Waals surface area contributed by atoms with Crippen LogP contribution in [-0.4, -0.2) is 16.1 Å². The monoisotopic (exact) mass is 330 g/mol. The fourth-order valence-electron chi connectivity index (χ4n) is 2.65. The lowest BCUT2D eigenvalue weighted by Crippen LogP contribution is -2.29. The number of amides is 1. The summed E-state index contributed by atoms with van der Waals surface area (Å²) in [5.41, 5.74) is 4.40. The highest BCUT2D eigenvalue weighted by atomic mass is 16.2. The summed E-state index contributed by atoms with van der Waals surface area (Å²) in [6.07, 6.45) is 4.02. The number of carbonyl (C=O) groups excluding carboxylic acids is 1. The zero-order chi connectivity index (χ0) is 17.6. The number of carbonyl (C=O) groups is 1. The van der Waals surface area contributed by atoms with Gasteiger partial charge in [0, 0.05) is 23.9 Å². The molecule has 5 heteroatoms. The third-order valence-corrected chi connectivity index (χ3v) is 4.02. The second-order valence-electron chi connectivity index (χ2n) is 5.68. The SMILES string of the molecule is CCC(=O)N(Cc1ccc(-c2cn[nH]c2)cc1)c1cccc(C#N)c1. The molecule has 3 rings (SSSR count). The molecule has 25 heavy (non-hydrogen) atoms. The van der Waals surface area contributed by atoms with Gasteiger partial charge in [0.15, 0.2) is 0 Å². The van der Waals surface area contributed by atoms with Gasteiger partial charge in [0.1, 0.15) is 0 Å². The summed E-state index contributed by atoms with van der Waals surface area (Å²) in [6, 6.07) is 17.3. The zero-order valence-corrected chi connectivity index (χ0v) is 13.9. The van der Waals surface area contributed by atoms with E-state index < -0.39 is 0 Å². The van der Waals surface area contributed by atoms with Crippen LogP contribution in [0.1, 0.15) is 24.5 Å². The second kappa shape index (κ2) is 7.45. The fourth-order valence-corrected chi connectivity index (χ4v) is 2.65. The van der Waals surface area contributed by atoms with Crippen LogP contribution in [0.4, 0.5) is 5.69 Å². The number of aromatic amines is 1. The van der Waals surface area contributed by atoms with Crippen LogP contribution < -0.4 is 4.90 Å². The molecule has 0 aliphatic carbocycles. The molecular weight excluding hydrogens is 312 g/mol. The van der Waals surface area contributed by atoms with E-state index in [1.54, 1.807) is 29.3 Å². The number of H-pyrrole nitrogens is 1. The first-order valence-corrected chi connectivity index (χ1v) is 8.10. The van der Waals surface area contributed by atoms with Gasteiger partial charge in [-0.2, -0.15) is 10.4 Å². The van der Waals surface area contributed by atoms with Crippen molar-refractivity contribution in [3.05, 3.63) is 72.1 Å². The van der Waals surface area contributed by atoms with Gasteiger partial charge in [0.25, 0.3) is 0 Å². The van der Waals surface area contributed by atoms with Crippen molar-refractivity contribution >= 4 is 11.6 Å². The van der Waals surface area contributed by atoms with Gasteiger partial charge in [0.2, 0.25) is 5.91 Å². The molecule has 1 heterocycles. The van der Waals surface area contributed by atoms with Crippen molar-refractivity contribution in [3.8, 4) is 17.2 Å². The van der Waals surface area contributed by atoms with E-state index in [9.17, 15) is 4.79 Å². The van der Waals surface area contributed by atoms with Gasteiger partial charge in [0.05, 0.1) is 24.4 Å². The smallest absolute Gasteiger partial charge is 0.227 e. The largest absolute Gasteiger partial charge is 0.308 e. The number of nitriles is 1. The first-order chi connectivity index (χ1) is 12.2. The maximum Gasteiger partial charge on any atom is 0.227 e. The molecule has 1 N–H and O–H groups in total. The molecule has 0 aliphatic rings. The Morgan fingerprint density at radius 2 is 2.00 bits per heavy atom. The molecule has 0 atom stereocenters. The van der Waals surface area contributed by atoms with Crippen molar-refractivity contribution in [3.63, 3.8) is 0 Å². The first kappa shape index (κ1) is 16.5. The van der Waals surface area contributed by atoms with Gasteiger partial charge < -0.3 is 4.90 Å². The number of aromatic nitrogens is 2. The topological polar surface area (TPSA) is 72.8 Å². The van der Waals surface area contributed by atoms with Crippen LogP contribution in [0.2, 0.25) is 0 Å². The molecule has 124 valence electrons. The number of anilines is 1. The number of hydrogen-bond acceptors (Lipinski definition) is 3. The summed E-state index contributed by atoms with van der Waals surface area (Å²) < 4.78 is 0. The van der Waals surface area contributed by atoms with Gasteiger partial charge >= 0.3 is 0 Å². The molecule has 0 spiro atoms. The van der Waals surface area contributed by atoms with Crippen molar-refractivity contribution in [2.24, 2.45) is 0 Å². The highest BCUT2D eigenvalue weighted by Crippen LogP contribution is 2.22. The first-order valence-electron chi connectivity index (χ1n) is 8.10. The lowest BCUT2D eigenvalue weighted by molar-refractivity contribution is -0.118. The number of nitrogens with one attached hydrogen (secondary N) is 1. The maximum absolute atomic E-state index is 12.4. The van der Waals surface area contributed by atoms with Crippen LogP contribution in [0.3, 0.4) is 0 Å². The van der Waals surface area contributed by atoms with E-state index in [0.29, 0.717) is 18.5 Å². The lowest BCUT2D eigenvalue weighted by Gasteiger charge is -2.23. The van der Waals surface area contributed by atoms with E-state index >= 15 is 0 Å². The number of benzene rings is 2. The van der Waals surface area contributed by atoms with Crippen LogP contribution in [0.25, 0.3) is 11.1 Å². The van der Waals surface area contributed by atoms with Gasteiger partial charge in [-0.3, -0.25) is 9.89 Å². The summed E-state index contributed by atoms with van der Waals surface area (Å²) in [5.74, 6) is 0.0222. The average molecular weight is 330 g/mol. The summed E-state index contributed by atoms with van der Waals surface area (Å²) in [6.45, 7) is 2.30. The molecule has 0 saturated heterocycles. The van der Waals surface area contributed by atoms with E-state index in [4.69, 9.17) is 5.26 Å². The third kappa shape index (κ3) is 3.75. The Labute approximate surface area is 146 Å². The van der Waals surface area contributed by atoms with Crippen LogP contribution in [-0.2, 0) is 11.3 Å². The van der Waals surface area contributed by atoms with Crippen LogP contribution >= 0.6 is 0 Å². The Hall–Kier alpha value is -3.39. The van der Waals surface area contributed by atoms with E-state index in [2.05, 4.69) is 16.3 Å². The predicted molar refractivity (Wildman–Crippen MR) is 96.7 cm³/mol. The van der Waals surface area contributed by atoms with Crippen LogP contribution in [0.5, 0.6) is 0 Å². The Balaban J connectivity index is 1.85. The molecule has 3 aromatic rings. The molecule has 5 nitrogen and oxygen atoms in total. The van der Waals surface area contributed by atoms with E-state index in [-0.39, 0.29) is 5.91 Å². The summed E-state index contributed by atoms with van der Waals surface area (Å²) in [5, 5.41) is 15.8. The summed E-state index contributed by atoms with van der Waals surface area (Å²) in [4.78, 5) is 14.1. The third-order valence-electron chi connectivity index (χ3n) is 4.02. The Bertz CT molecular complexity index is 892. The van der Waals surface area contributed by atoms with Crippen LogP contribution in [0, 0.1) is 11.3 Å². The van der Waals surface area contributed by atoms with Crippen molar-refractivity contribution < 1.29 is 4.79 Å². The van der Waals surface area contributed by atoms with E-state index in [1.165, 1.54) is 0 Å². The molecule has 0 unspecified atom stereocenters. The lowest BCUT2D eigenvalue weighted by atomic mass is 10.1. The van der Waals surface area contributed by atoms with Crippen LogP contribution in [0.15, 0.2) is 60.9 Å². The molecule has 0 aliphatic heterocycles. The minimum Gasteiger partial charge on any atom is -0.308 e. The molecule has 0 bridgehead atoms. The van der Waals surface area contributed by atoms with Gasteiger partial charge in [-0.15, -0.1) is 0 Å². The van der Waals surface area contributed by atoms with Gasteiger partial charge in [-0.25, -0.2) is 0 Å². The van der Waals surface area contributed by atoms with Crippen molar-refractivity contribution in [2.45, 2.75) is 19.9 Å². The van der Waals surface area contributed by atoms with Gasteiger partial charge in [-0.1, -0.05) is 37.3 Å². The quantitative estimate of drug-likeness (QED) is 0.771. The zero-order valence-electron chi connectivity index (χ0n) is 13.9. The molecule has 0 radical (unpaired) electrons. The molecule has 0 fully saturated rings. The molecule has 2 aromatic carbocycles. The van der Waals surface area contributed by atoms with E-state index in [1.807, 2.05) is 43.5 Å². The molecule has 1 aromatic heterocycles. The molecule has 1 amide bonds. The minimum absolute atomic E-state index is 0.0222. The van der Waals surface area contributed by atoms with Crippen molar-refractivity contribution in [1.29, 1.82) is 5.26 Å². The van der Waals surface area contributed by atoms with Gasteiger partial charge in [-0.05, 0) is 29.3 Å². The normalized spacial score (nSPS) is 10.2.